The zero-order valence-electron chi connectivity index (χ0n) is 14.7. The van der Waals surface area contributed by atoms with Gasteiger partial charge in [-0.2, -0.15) is 4.52 Å². The van der Waals surface area contributed by atoms with Crippen molar-refractivity contribution in [3.63, 3.8) is 0 Å². The summed E-state index contributed by atoms with van der Waals surface area (Å²) in [5, 5.41) is 16.7. The lowest BCUT2D eigenvalue weighted by molar-refractivity contribution is 0.270. The van der Waals surface area contributed by atoms with Crippen LogP contribution in [0.2, 0.25) is 0 Å². The summed E-state index contributed by atoms with van der Waals surface area (Å²) in [6.07, 6.45) is 0.994. The quantitative estimate of drug-likeness (QED) is 0.602. The van der Waals surface area contributed by atoms with Gasteiger partial charge in [0.15, 0.2) is 11.5 Å². The van der Waals surface area contributed by atoms with Crippen molar-refractivity contribution in [2.24, 2.45) is 0 Å². The van der Waals surface area contributed by atoms with E-state index in [1.165, 1.54) is 5.56 Å². The number of para-hydroxylation sites is 1. The Morgan fingerprint density at radius 2 is 1.81 bits per heavy atom. The Morgan fingerprint density at radius 1 is 0.963 bits per heavy atom. The Bertz CT molecular complexity index is 1080. The first-order valence-electron chi connectivity index (χ1n) is 9.12. The predicted octanol–water partition coefficient (Wildman–Crippen LogP) is 3.77. The highest BCUT2D eigenvalue weighted by Crippen LogP contribution is 2.33. The number of hydrogen-bond acceptors (Lipinski definition) is 5. The number of benzene rings is 2. The van der Waals surface area contributed by atoms with E-state index >= 15 is 0 Å². The first-order valence-corrected chi connectivity index (χ1v) is 9.12. The van der Waals surface area contributed by atoms with Crippen LogP contribution in [0.3, 0.4) is 0 Å². The third-order valence-electron chi connectivity index (χ3n) is 4.91. The van der Waals surface area contributed by atoms with Crippen LogP contribution in [-0.4, -0.2) is 33.0 Å². The van der Waals surface area contributed by atoms with Crippen LogP contribution in [0.15, 0.2) is 66.7 Å². The summed E-state index contributed by atoms with van der Waals surface area (Å²) in [5.74, 6) is 2.94. The van der Waals surface area contributed by atoms with E-state index in [1.807, 2.05) is 54.6 Å². The first-order chi connectivity index (χ1) is 13.4. The molecule has 2 aromatic heterocycles. The number of fused-ring (bicyclic) bond motifs is 2. The number of nitrogens with one attached hydrogen (secondary N) is 1. The number of rotatable bonds is 4. The molecule has 1 unspecified atom stereocenters. The minimum absolute atomic E-state index is 0.405. The maximum Gasteiger partial charge on any atom is 0.185 e. The van der Waals surface area contributed by atoms with Crippen LogP contribution in [0.25, 0.3) is 17.0 Å². The van der Waals surface area contributed by atoms with E-state index in [-0.39, 0.29) is 0 Å². The fraction of sp³-hybridized carbons (Fsp3) is 0.190. The second-order valence-corrected chi connectivity index (χ2v) is 6.63. The summed E-state index contributed by atoms with van der Waals surface area (Å²) < 4.78 is 7.54. The topological polar surface area (TPSA) is 64.3 Å². The SMILES string of the molecule is c1ccc(-c2nnc3ccc(NCC4CCOc5ccccc54)nn23)cc1. The summed E-state index contributed by atoms with van der Waals surface area (Å²) >= 11 is 0. The average molecular weight is 357 g/mol. The molecule has 0 radical (unpaired) electrons. The second kappa shape index (κ2) is 6.72. The molecule has 0 saturated carbocycles. The van der Waals surface area contributed by atoms with Gasteiger partial charge in [0.2, 0.25) is 0 Å². The van der Waals surface area contributed by atoms with Gasteiger partial charge >= 0.3 is 0 Å². The van der Waals surface area contributed by atoms with Gasteiger partial charge < -0.3 is 10.1 Å². The second-order valence-electron chi connectivity index (χ2n) is 6.63. The van der Waals surface area contributed by atoms with Crippen molar-refractivity contribution in [2.45, 2.75) is 12.3 Å². The maximum absolute atomic E-state index is 5.75. The van der Waals surface area contributed by atoms with Crippen molar-refractivity contribution in [3.8, 4) is 17.1 Å². The fourth-order valence-corrected chi connectivity index (χ4v) is 3.51. The van der Waals surface area contributed by atoms with Crippen LogP contribution in [0.4, 0.5) is 5.82 Å². The zero-order valence-corrected chi connectivity index (χ0v) is 14.7. The highest BCUT2D eigenvalue weighted by Gasteiger charge is 2.21. The van der Waals surface area contributed by atoms with Crippen molar-refractivity contribution in [1.82, 2.24) is 19.8 Å². The van der Waals surface area contributed by atoms with Gasteiger partial charge in [-0.05, 0) is 30.2 Å². The lowest BCUT2D eigenvalue weighted by atomic mass is 9.93. The van der Waals surface area contributed by atoms with E-state index in [0.717, 1.165) is 48.2 Å². The largest absolute Gasteiger partial charge is 0.493 e. The maximum atomic E-state index is 5.75. The molecular weight excluding hydrogens is 338 g/mol. The fourth-order valence-electron chi connectivity index (χ4n) is 3.51. The lowest BCUT2D eigenvalue weighted by Gasteiger charge is -2.26. The van der Waals surface area contributed by atoms with E-state index in [9.17, 15) is 0 Å². The molecule has 2 aromatic carbocycles. The van der Waals surface area contributed by atoms with E-state index < -0.39 is 0 Å². The van der Waals surface area contributed by atoms with Crippen LogP contribution in [0.1, 0.15) is 17.9 Å². The number of anilines is 1. The molecule has 1 N–H and O–H groups in total. The molecule has 27 heavy (non-hydrogen) atoms. The van der Waals surface area contributed by atoms with Gasteiger partial charge in [-0.1, -0.05) is 48.5 Å². The van der Waals surface area contributed by atoms with Crippen LogP contribution in [0, 0.1) is 0 Å². The van der Waals surface area contributed by atoms with Gasteiger partial charge in [0.1, 0.15) is 11.6 Å². The number of aromatic nitrogens is 4. The lowest BCUT2D eigenvalue weighted by Crippen LogP contribution is -2.21. The Balaban J connectivity index is 1.40. The highest BCUT2D eigenvalue weighted by atomic mass is 16.5. The molecule has 3 heterocycles. The summed E-state index contributed by atoms with van der Waals surface area (Å²) in [6, 6.07) is 22.1. The van der Waals surface area contributed by atoms with Gasteiger partial charge in [-0.3, -0.25) is 0 Å². The van der Waals surface area contributed by atoms with Crippen molar-refractivity contribution >= 4 is 11.5 Å². The van der Waals surface area contributed by atoms with Gasteiger partial charge in [-0.15, -0.1) is 15.3 Å². The molecule has 1 aliphatic rings. The third-order valence-corrected chi connectivity index (χ3v) is 4.91. The molecule has 1 atom stereocenters. The van der Waals surface area contributed by atoms with Crippen molar-refractivity contribution < 1.29 is 4.74 Å². The van der Waals surface area contributed by atoms with Crippen molar-refractivity contribution in [1.29, 1.82) is 0 Å². The van der Waals surface area contributed by atoms with E-state index in [2.05, 4.69) is 27.6 Å². The smallest absolute Gasteiger partial charge is 0.185 e. The summed E-state index contributed by atoms with van der Waals surface area (Å²) in [6.45, 7) is 1.56. The van der Waals surface area contributed by atoms with E-state index in [1.54, 1.807) is 4.52 Å². The Morgan fingerprint density at radius 3 is 2.74 bits per heavy atom. The highest BCUT2D eigenvalue weighted by molar-refractivity contribution is 5.59. The molecule has 6 heteroatoms. The van der Waals surface area contributed by atoms with Crippen molar-refractivity contribution in [3.05, 3.63) is 72.3 Å². The van der Waals surface area contributed by atoms with Crippen LogP contribution in [-0.2, 0) is 0 Å². The van der Waals surface area contributed by atoms with E-state index in [0.29, 0.717) is 5.92 Å². The molecule has 0 bridgehead atoms. The molecule has 4 aromatic rings. The van der Waals surface area contributed by atoms with E-state index in [4.69, 9.17) is 9.84 Å². The molecular formula is C21H19N5O. The number of hydrogen-bond donors (Lipinski definition) is 1. The molecule has 0 fully saturated rings. The number of ether oxygens (including phenoxy) is 1. The molecule has 0 spiro atoms. The molecule has 6 nitrogen and oxygen atoms in total. The average Bonchev–Trinajstić information content (AvgIpc) is 3.16. The molecule has 0 saturated heterocycles. The monoisotopic (exact) mass is 357 g/mol. The standard InChI is InChI=1S/C21H19N5O/c1-2-6-15(7-3-1)21-24-23-20-11-10-19(25-26(20)21)22-14-16-12-13-27-18-9-5-4-8-17(16)18/h1-11,16H,12-14H2,(H,22,25). The van der Waals surface area contributed by atoms with Gasteiger partial charge in [-0.25, -0.2) is 0 Å². The van der Waals surface area contributed by atoms with Crippen molar-refractivity contribution in [2.75, 3.05) is 18.5 Å². The molecule has 0 aliphatic carbocycles. The van der Waals surface area contributed by atoms with Crippen LogP contribution < -0.4 is 10.1 Å². The molecule has 0 amide bonds. The predicted molar refractivity (Wildman–Crippen MR) is 104 cm³/mol. The minimum atomic E-state index is 0.405. The van der Waals surface area contributed by atoms with Gasteiger partial charge in [0.05, 0.1) is 6.61 Å². The normalized spacial score (nSPS) is 15.9. The molecule has 134 valence electrons. The van der Waals surface area contributed by atoms with Crippen LogP contribution >= 0.6 is 0 Å². The Labute approximate surface area is 156 Å². The Hall–Kier alpha value is -3.41. The molecule has 5 rings (SSSR count). The van der Waals surface area contributed by atoms with Crippen LogP contribution in [0.5, 0.6) is 5.75 Å². The minimum Gasteiger partial charge on any atom is -0.493 e. The molecule has 1 aliphatic heterocycles. The Kier molecular flexibility index (Phi) is 3.93. The summed E-state index contributed by atoms with van der Waals surface area (Å²) in [4.78, 5) is 0. The first kappa shape index (κ1) is 15.8. The number of nitrogens with zero attached hydrogens (tertiary/aromatic N) is 4. The summed E-state index contributed by atoms with van der Waals surface area (Å²) in [7, 11) is 0. The third kappa shape index (κ3) is 2.99. The zero-order chi connectivity index (χ0) is 18.1. The summed E-state index contributed by atoms with van der Waals surface area (Å²) in [5.41, 5.74) is 2.98. The van der Waals surface area contributed by atoms with Gasteiger partial charge in [0, 0.05) is 18.0 Å². The van der Waals surface area contributed by atoms with Gasteiger partial charge in [0.25, 0.3) is 0 Å².